The Morgan fingerprint density at radius 1 is 1.10 bits per heavy atom. The first kappa shape index (κ1) is 21.4. The Morgan fingerprint density at radius 3 is 2.61 bits per heavy atom. The number of hydrogen-bond donors (Lipinski definition) is 1. The van der Waals surface area contributed by atoms with Gasteiger partial charge in [0, 0.05) is 44.6 Å². The van der Waals surface area contributed by atoms with Crippen LogP contribution in [-0.2, 0) is 11.2 Å². The average molecular weight is 439 g/mol. The summed E-state index contributed by atoms with van der Waals surface area (Å²) >= 11 is 6.22. The molecule has 1 aliphatic rings. The van der Waals surface area contributed by atoms with Gasteiger partial charge in [-0.05, 0) is 30.8 Å². The summed E-state index contributed by atoms with van der Waals surface area (Å²) in [7, 11) is 0. The highest BCUT2D eigenvalue weighted by atomic mass is 35.5. The van der Waals surface area contributed by atoms with Gasteiger partial charge in [0.15, 0.2) is 11.7 Å². The summed E-state index contributed by atoms with van der Waals surface area (Å²) in [6, 6.07) is 15.5. The minimum absolute atomic E-state index is 0.0582. The van der Waals surface area contributed by atoms with Crippen molar-refractivity contribution < 1.29 is 9.21 Å². The molecule has 2 aromatic carbocycles. The normalized spacial score (nSPS) is 14.6. The Bertz CT molecular complexity index is 1030. The molecule has 1 saturated heterocycles. The van der Waals surface area contributed by atoms with Crippen molar-refractivity contribution in [3.8, 4) is 11.3 Å². The number of hydrogen-bond acceptors (Lipinski definition) is 5. The maximum absolute atomic E-state index is 12.6. The molecule has 4 rings (SSSR count). The number of anilines is 2. The number of nitrogens with zero attached hydrogens (tertiary/aromatic N) is 3. The summed E-state index contributed by atoms with van der Waals surface area (Å²) in [5, 5.41) is 3.68. The molecule has 0 unspecified atom stereocenters. The molecule has 1 aromatic heterocycles. The molecule has 6 nitrogen and oxygen atoms in total. The Kier molecular flexibility index (Phi) is 6.89. The van der Waals surface area contributed by atoms with E-state index >= 15 is 0 Å². The van der Waals surface area contributed by atoms with Crippen LogP contribution in [-0.4, -0.2) is 48.5 Å². The number of benzene rings is 2. The Balaban J connectivity index is 1.35. The van der Waals surface area contributed by atoms with E-state index in [9.17, 15) is 4.79 Å². The number of piperazine rings is 1. The van der Waals surface area contributed by atoms with Gasteiger partial charge in [0.2, 0.25) is 5.91 Å². The van der Waals surface area contributed by atoms with Gasteiger partial charge in [-0.1, -0.05) is 42.8 Å². The largest absolute Gasteiger partial charge is 0.441 e. The zero-order valence-corrected chi connectivity index (χ0v) is 18.4. The number of para-hydroxylation sites is 2. The highest BCUT2D eigenvalue weighted by Gasteiger charge is 2.19. The van der Waals surface area contributed by atoms with Gasteiger partial charge in [-0.3, -0.25) is 4.79 Å². The van der Waals surface area contributed by atoms with E-state index in [1.165, 1.54) is 0 Å². The molecular weight excluding hydrogens is 412 g/mol. The lowest BCUT2D eigenvalue weighted by Gasteiger charge is -2.36. The second-order valence-electron chi connectivity index (χ2n) is 7.58. The molecule has 1 amide bonds. The predicted molar refractivity (Wildman–Crippen MR) is 125 cm³/mol. The second kappa shape index (κ2) is 9.98. The van der Waals surface area contributed by atoms with Gasteiger partial charge in [-0.2, -0.15) is 0 Å². The molecule has 0 saturated carbocycles. The monoisotopic (exact) mass is 438 g/mol. The number of aryl methyl sites for hydroxylation is 1. The van der Waals surface area contributed by atoms with Crippen molar-refractivity contribution in [2.24, 2.45) is 0 Å². The van der Waals surface area contributed by atoms with E-state index in [-0.39, 0.29) is 5.91 Å². The molecule has 3 aromatic rings. The smallest absolute Gasteiger partial charge is 0.224 e. The van der Waals surface area contributed by atoms with Crippen LogP contribution in [0.4, 0.5) is 11.4 Å². The summed E-state index contributed by atoms with van der Waals surface area (Å²) in [6.07, 6.45) is 2.37. The lowest BCUT2D eigenvalue weighted by Crippen LogP contribution is -2.46. The van der Waals surface area contributed by atoms with Crippen LogP contribution in [0.5, 0.6) is 0 Å². The standard InChI is InChI=1S/C24H27ClN4O2/c1-2-28-13-15-29(16-14-28)21-10-6-5-9-20(21)27-23(30)11-12-24-26-17-22(31-24)18-7-3-4-8-19(18)25/h3-10,17H,2,11-16H2,1H3,(H,27,30). The van der Waals surface area contributed by atoms with Crippen molar-refractivity contribution in [2.75, 3.05) is 42.9 Å². The van der Waals surface area contributed by atoms with Crippen LogP contribution in [0.3, 0.4) is 0 Å². The van der Waals surface area contributed by atoms with Crippen LogP contribution in [0.1, 0.15) is 19.2 Å². The molecule has 2 heterocycles. The van der Waals surface area contributed by atoms with Crippen molar-refractivity contribution in [3.05, 3.63) is 65.6 Å². The topological polar surface area (TPSA) is 61.6 Å². The van der Waals surface area contributed by atoms with Crippen LogP contribution in [0.2, 0.25) is 5.02 Å². The first-order chi connectivity index (χ1) is 15.1. The second-order valence-corrected chi connectivity index (χ2v) is 7.99. The van der Waals surface area contributed by atoms with Gasteiger partial charge in [0.05, 0.1) is 22.6 Å². The van der Waals surface area contributed by atoms with Gasteiger partial charge in [-0.15, -0.1) is 0 Å². The minimum atomic E-state index is -0.0582. The maximum Gasteiger partial charge on any atom is 0.224 e. The third kappa shape index (κ3) is 5.27. The molecule has 7 heteroatoms. The Morgan fingerprint density at radius 2 is 1.84 bits per heavy atom. The van der Waals surface area contributed by atoms with Crippen LogP contribution in [0.15, 0.2) is 59.1 Å². The SMILES string of the molecule is CCN1CCN(c2ccccc2NC(=O)CCc2ncc(-c3ccccc3Cl)o2)CC1. The highest BCUT2D eigenvalue weighted by molar-refractivity contribution is 6.33. The van der Waals surface area contributed by atoms with E-state index in [0.717, 1.165) is 49.7 Å². The van der Waals surface area contributed by atoms with Gasteiger partial charge in [0.1, 0.15) is 0 Å². The molecule has 162 valence electrons. The lowest BCUT2D eigenvalue weighted by atomic mass is 10.2. The van der Waals surface area contributed by atoms with Gasteiger partial charge < -0.3 is 19.5 Å². The molecule has 1 N–H and O–H groups in total. The fourth-order valence-electron chi connectivity index (χ4n) is 3.80. The zero-order valence-electron chi connectivity index (χ0n) is 17.7. The van der Waals surface area contributed by atoms with Crippen molar-refractivity contribution in [1.29, 1.82) is 0 Å². The number of likely N-dealkylation sites (N-methyl/N-ethyl adjacent to an activating group) is 1. The van der Waals surface area contributed by atoms with Crippen LogP contribution in [0.25, 0.3) is 11.3 Å². The molecule has 0 aliphatic carbocycles. The van der Waals surface area contributed by atoms with Crippen LogP contribution in [0, 0.1) is 0 Å². The number of carbonyl (C=O) groups excluding carboxylic acids is 1. The average Bonchev–Trinajstić information content (AvgIpc) is 3.27. The number of rotatable bonds is 7. The van der Waals surface area contributed by atoms with Crippen LogP contribution >= 0.6 is 11.6 Å². The highest BCUT2D eigenvalue weighted by Crippen LogP contribution is 2.29. The van der Waals surface area contributed by atoms with E-state index in [0.29, 0.717) is 29.5 Å². The third-order valence-corrected chi connectivity index (χ3v) is 5.93. The van der Waals surface area contributed by atoms with Crippen molar-refractivity contribution >= 4 is 28.9 Å². The summed E-state index contributed by atoms with van der Waals surface area (Å²) in [4.78, 5) is 21.7. The summed E-state index contributed by atoms with van der Waals surface area (Å²) in [6.45, 7) is 7.26. The number of oxazole rings is 1. The molecule has 1 aliphatic heterocycles. The van der Waals surface area contributed by atoms with Crippen molar-refractivity contribution in [3.63, 3.8) is 0 Å². The Hall–Kier alpha value is -2.83. The Labute approximate surface area is 187 Å². The lowest BCUT2D eigenvalue weighted by molar-refractivity contribution is -0.116. The molecule has 1 fully saturated rings. The summed E-state index contributed by atoms with van der Waals surface area (Å²) in [5.74, 6) is 1.07. The number of halogens is 1. The molecule has 0 spiro atoms. The fraction of sp³-hybridized carbons (Fsp3) is 0.333. The molecular formula is C24H27ClN4O2. The predicted octanol–water partition coefficient (Wildman–Crippen LogP) is 4.71. The van der Waals surface area contributed by atoms with Gasteiger partial charge >= 0.3 is 0 Å². The van der Waals surface area contributed by atoms with E-state index in [1.54, 1.807) is 6.20 Å². The molecule has 31 heavy (non-hydrogen) atoms. The van der Waals surface area contributed by atoms with Gasteiger partial charge in [0.25, 0.3) is 0 Å². The summed E-state index contributed by atoms with van der Waals surface area (Å²) in [5.41, 5.74) is 2.72. The number of amides is 1. The minimum Gasteiger partial charge on any atom is -0.441 e. The van der Waals surface area contributed by atoms with E-state index in [1.807, 2.05) is 42.5 Å². The van der Waals surface area contributed by atoms with Gasteiger partial charge in [-0.25, -0.2) is 4.98 Å². The molecule has 0 atom stereocenters. The molecule has 0 radical (unpaired) electrons. The third-order valence-electron chi connectivity index (χ3n) is 5.60. The first-order valence-electron chi connectivity index (χ1n) is 10.7. The van der Waals surface area contributed by atoms with E-state index < -0.39 is 0 Å². The quantitative estimate of drug-likeness (QED) is 0.579. The summed E-state index contributed by atoms with van der Waals surface area (Å²) < 4.78 is 5.80. The number of nitrogens with one attached hydrogen (secondary N) is 1. The van der Waals surface area contributed by atoms with Crippen LogP contribution < -0.4 is 10.2 Å². The molecule has 0 bridgehead atoms. The van der Waals surface area contributed by atoms with Crippen molar-refractivity contribution in [1.82, 2.24) is 9.88 Å². The van der Waals surface area contributed by atoms with Crippen molar-refractivity contribution in [2.45, 2.75) is 19.8 Å². The first-order valence-corrected chi connectivity index (χ1v) is 11.1. The number of carbonyl (C=O) groups is 1. The zero-order chi connectivity index (χ0) is 21.6. The van der Waals surface area contributed by atoms with E-state index in [2.05, 4.69) is 33.1 Å². The maximum atomic E-state index is 12.6. The fourth-order valence-corrected chi connectivity index (χ4v) is 4.03. The van der Waals surface area contributed by atoms with E-state index in [4.69, 9.17) is 16.0 Å². The number of aromatic nitrogens is 1.